The molecule has 0 aliphatic carbocycles. The molecule has 1 aliphatic rings. The highest BCUT2D eigenvalue weighted by molar-refractivity contribution is 7.22. The molecule has 0 amide bonds. The molecule has 0 saturated carbocycles. The Morgan fingerprint density at radius 3 is 2.67 bits per heavy atom. The lowest BCUT2D eigenvalue weighted by atomic mass is 10.2. The smallest absolute Gasteiger partial charge is 0.188 e. The van der Waals surface area contributed by atoms with Crippen molar-refractivity contribution in [3.63, 3.8) is 0 Å². The minimum Gasteiger partial charge on any atom is -0.497 e. The number of rotatable bonds is 4. The summed E-state index contributed by atoms with van der Waals surface area (Å²) in [5.74, 6) is 0.859. The van der Waals surface area contributed by atoms with Crippen LogP contribution in [0.2, 0.25) is 0 Å². The number of benzene rings is 2. The Bertz CT molecular complexity index is 825. The Morgan fingerprint density at radius 1 is 1.12 bits per heavy atom. The highest BCUT2D eigenvalue weighted by atomic mass is 32.1. The highest BCUT2D eigenvalue weighted by Gasteiger charge is 2.10. The Kier molecular flexibility index (Phi) is 4.23. The van der Waals surface area contributed by atoms with E-state index in [0.29, 0.717) is 0 Å². The van der Waals surface area contributed by atoms with Crippen LogP contribution in [0.4, 0.5) is 16.5 Å². The van der Waals surface area contributed by atoms with Crippen molar-refractivity contribution in [3.8, 4) is 5.75 Å². The standard InChI is InChI=1S/C18H20N4OS/c1-23-15-6-7-16-17(12-15)24-18(21-16)20-13-2-4-14(5-3-13)22-10-8-19-9-11-22/h2-7,12,19H,8-11H2,1H3,(H,20,21). The van der Waals surface area contributed by atoms with Crippen LogP contribution in [0.25, 0.3) is 10.2 Å². The molecule has 1 aromatic heterocycles. The van der Waals surface area contributed by atoms with Gasteiger partial charge in [-0.3, -0.25) is 0 Å². The summed E-state index contributed by atoms with van der Waals surface area (Å²) in [5.41, 5.74) is 3.32. The maximum Gasteiger partial charge on any atom is 0.188 e. The zero-order chi connectivity index (χ0) is 16.4. The second-order valence-electron chi connectivity index (χ2n) is 5.76. The number of aromatic nitrogens is 1. The molecule has 2 N–H and O–H groups in total. The van der Waals surface area contributed by atoms with Crippen molar-refractivity contribution in [2.45, 2.75) is 0 Å². The summed E-state index contributed by atoms with van der Waals surface area (Å²) in [5, 5.41) is 7.67. The van der Waals surface area contributed by atoms with Gasteiger partial charge in [-0.25, -0.2) is 4.98 Å². The lowest BCUT2D eigenvalue weighted by molar-refractivity contribution is 0.415. The largest absolute Gasteiger partial charge is 0.497 e. The molecule has 6 heteroatoms. The molecule has 0 unspecified atom stereocenters. The van der Waals surface area contributed by atoms with Gasteiger partial charge in [-0.2, -0.15) is 0 Å². The van der Waals surface area contributed by atoms with Gasteiger partial charge in [0, 0.05) is 37.6 Å². The molecule has 1 saturated heterocycles. The van der Waals surface area contributed by atoms with Crippen molar-refractivity contribution in [2.75, 3.05) is 43.5 Å². The second-order valence-corrected chi connectivity index (χ2v) is 6.79. The SMILES string of the molecule is COc1ccc2nc(Nc3ccc(N4CCNCC4)cc3)sc2c1. The predicted molar refractivity (Wildman–Crippen MR) is 101 cm³/mol. The summed E-state index contributed by atoms with van der Waals surface area (Å²) in [6.45, 7) is 4.23. The summed E-state index contributed by atoms with van der Waals surface area (Å²) in [6, 6.07) is 14.5. The van der Waals surface area contributed by atoms with Crippen LogP contribution in [0.1, 0.15) is 0 Å². The van der Waals surface area contributed by atoms with E-state index >= 15 is 0 Å². The monoisotopic (exact) mass is 340 g/mol. The zero-order valence-electron chi connectivity index (χ0n) is 13.6. The van der Waals surface area contributed by atoms with Gasteiger partial charge >= 0.3 is 0 Å². The first-order chi connectivity index (χ1) is 11.8. The van der Waals surface area contributed by atoms with Gasteiger partial charge in [0.05, 0.1) is 17.3 Å². The minimum atomic E-state index is 0.859. The normalized spacial score (nSPS) is 14.8. The van der Waals surface area contributed by atoms with Gasteiger partial charge in [0.1, 0.15) is 5.75 Å². The Morgan fingerprint density at radius 2 is 1.92 bits per heavy atom. The van der Waals surface area contributed by atoms with Crippen molar-refractivity contribution in [3.05, 3.63) is 42.5 Å². The zero-order valence-corrected chi connectivity index (χ0v) is 14.4. The minimum absolute atomic E-state index is 0.859. The van der Waals surface area contributed by atoms with Gasteiger partial charge in [0.25, 0.3) is 0 Å². The first kappa shape index (κ1) is 15.2. The second kappa shape index (κ2) is 6.67. The number of fused-ring (bicyclic) bond motifs is 1. The van der Waals surface area contributed by atoms with E-state index in [1.807, 2.05) is 18.2 Å². The number of piperazine rings is 1. The fourth-order valence-electron chi connectivity index (χ4n) is 2.89. The van der Waals surface area contributed by atoms with Crippen molar-refractivity contribution < 1.29 is 4.74 Å². The average Bonchev–Trinajstić information content (AvgIpc) is 3.04. The number of nitrogens with one attached hydrogen (secondary N) is 2. The topological polar surface area (TPSA) is 49.4 Å². The molecular weight excluding hydrogens is 320 g/mol. The molecule has 0 spiro atoms. The van der Waals surface area contributed by atoms with E-state index in [0.717, 1.165) is 53.0 Å². The maximum atomic E-state index is 5.27. The number of nitrogens with zero attached hydrogens (tertiary/aromatic N) is 2. The number of ether oxygens (including phenoxy) is 1. The van der Waals surface area contributed by atoms with Gasteiger partial charge < -0.3 is 20.3 Å². The molecule has 5 nitrogen and oxygen atoms in total. The lowest BCUT2D eigenvalue weighted by Crippen LogP contribution is -2.43. The van der Waals surface area contributed by atoms with E-state index in [2.05, 4.69) is 44.8 Å². The molecule has 2 heterocycles. The van der Waals surface area contributed by atoms with Gasteiger partial charge in [-0.05, 0) is 42.5 Å². The number of hydrogen-bond acceptors (Lipinski definition) is 6. The van der Waals surface area contributed by atoms with Crippen LogP contribution in [0.5, 0.6) is 5.75 Å². The first-order valence-corrected chi connectivity index (χ1v) is 8.91. The van der Waals surface area contributed by atoms with Crippen LogP contribution < -0.4 is 20.3 Å². The van der Waals surface area contributed by atoms with Gasteiger partial charge in [0.15, 0.2) is 5.13 Å². The molecule has 24 heavy (non-hydrogen) atoms. The molecule has 0 radical (unpaired) electrons. The van der Waals surface area contributed by atoms with Crippen LogP contribution in [0.3, 0.4) is 0 Å². The molecular formula is C18H20N4OS. The number of thiazole rings is 1. The van der Waals surface area contributed by atoms with Crippen molar-refractivity contribution in [1.82, 2.24) is 10.3 Å². The van der Waals surface area contributed by atoms with Crippen molar-refractivity contribution in [2.24, 2.45) is 0 Å². The van der Waals surface area contributed by atoms with E-state index in [-0.39, 0.29) is 0 Å². The van der Waals surface area contributed by atoms with E-state index in [4.69, 9.17) is 4.74 Å². The molecule has 0 bridgehead atoms. The molecule has 1 fully saturated rings. The molecule has 4 rings (SSSR count). The predicted octanol–water partition coefficient (Wildman–Crippen LogP) is 3.46. The van der Waals surface area contributed by atoms with E-state index in [1.165, 1.54) is 5.69 Å². The summed E-state index contributed by atoms with van der Waals surface area (Å²) in [6.07, 6.45) is 0. The average molecular weight is 340 g/mol. The van der Waals surface area contributed by atoms with Gasteiger partial charge in [-0.15, -0.1) is 0 Å². The summed E-state index contributed by atoms with van der Waals surface area (Å²) >= 11 is 1.63. The quantitative estimate of drug-likeness (QED) is 0.762. The fourth-order valence-corrected chi connectivity index (χ4v) is 3.80. The number of methoxy groups -OCH3 is 1. The third kappa shape index (κ3) is 3.16. The molecule has 0 atom stereocenters. The summed E-state index contributed by atoms with van der Waals surface area (Å²) in [7, 11) is 1.68. The van der Waals surface area contributed by atoms with E-state index < -0.39 is 0 Å². The molecule has 2 aromatic carbocycles. The fraction of sp³-hybridized carbons (Fsp3) is 0.278. The molecule has 3 aromatic rings. The van der Waals surface area contributed by atoms with Crippen LogP contribution in [0, 0.1) is 0 Å². The summed E-state index contributed by atoms with van der Waals surface area (Å²) in [4.78, 5) is 7.04. The number of hydrogen-bond donors (Lipinski definition) is 2. The third-order valence-electron chi connectivity index (χ3n) is 4.20. The Balaban J connectivity index is 1.50. The van der Waals surface area contributed by atoms with Gasteiger partial charge in [0.2, 0.25) is 0 Å². The lowest BCUT2D eigenvalue weighted by Gasteiger charge is -2.29. The maximum absolute atomic E-state index is 5.27. The third-order valence-corrected chi connectivity index (χ3v) is 5.13. The van der Waals surface area contributed by atoms with Crippen LogP contribution >= 0.6 is 11.3 Å². The Labute approximate surface area is 145 Å². The van der Waals surface area contributed by atoms with Crippen molar-refractivity contribution in [1.29, 1.82) is 0 Å². The van der Waals surface area contributed by atoms with E-state index in [1.54, 1.807) is 18.4 Å². The van der Waals surface area contributed by atoms with Gasteiger partial charge in [-0.1, -0.05) is 11.3 Å². The number of anilines is 3. The first-order valence-electron chi connectivity index (χ1n) is 8.09. The van der Waals surface area contributed by atoms with Crippen LogP contribution in [0.15, 0.2) is 42.5 Å². The molecule has 1 aliphatic heterocycles. The summed E-state index contributed by atoms with van der Waals surface area (Å²) < 4.78 is 6.39. The van der Waals surface area contributed by atoms with Crippen LogP contribution in [-0.2, 0) is 0 Å². The van der Waals surface area contributed by atoms with E-state index in [9.17, 15) is 0 Å². The molecule has 124 valence electrons. The van der Waals surface area contributed by atoms with Crippen LogP contribution in [-0.4, -0.2) is 38.3 Å². The van der Waals surface area contributed by atoms with Crippen molar-refractivity contribution >= 4 is 38.1 Å². The Hall–Kier alpha value is -2.31. The highest BCUT2D eigenvalue weighted by Crippen LogP contribution is 2.31.